The topological polar surface area (TPSA) is 143 Å². The first kappa shape index (κ1) is 36.7. The number of benzene rings is 2. The normalized spacial score (nSPS) is 14.2. The fourth-order valence-corrected chi connectivity index (χ4v) is 6.88. The number of carbonyl (C=O) groups excluding carboxylic acids is 1. The average molecular weight is 755 g/mol. The molecular formula is C36H35Cl2F2N7O5. The van der Waals surface area contributed by atoms with Crippen LogP contribution in [0, 0.1) is 5.82 Å². The Morgan fingerprint density at radius 2 is 1.81 bits per heavy atom. The molecule has 2 aromatic carbocycles. The number of methoxy groups -OCH3 is 1. The minimum absolute atomic E-state index is 0.0210. The maximum absolute atomic E-state index is 15.8. The molecule has 1 aliphatic heterocycles. The molecule has 0 bridgehead atoms. The Labute approximate surface area is 306 Å². The number of rotatable bonds is 13. The number of aromatic nitrogens is 4. The number of alkyl halides is 1. The first-order valence-corrected chi connectivity index (χ1v) is 17.2. The molecule has 0 radical (unpaired) electrons. The second-order valence-electron chi connectivity index (χ2n) is 12.3. The first-order valence-electron chi connectivity index (χ1n) is 16.4. The van der Waals surface area contributed by atoms with Gasteiger partial charge in [-0.3, -0.25) is 18.5 Å². The lowest BCUT2D eigenvalue weighted by atomic mass is 9.97. The number of carbonyl (C=O) groups is 2. The van der Waals surface area contributed by atoms with Gasteiger partial charge in [-0.15, -0.1) is 0 Å². The number of hydrogen-bond acceptors (Lipinski definition) is 7. The van der Waals surface area contributed by atoms with Crippen LogP contribution in [0.5, 0.6) is 5.88 Å². The van der Waals surface area contributed by atoms with Gasteiger partial charge in [0.25, 0.3) is 5.56 Å². The standard InChI is InChI=1S/C36H35Cl2F2N7O5/c1-45-30(16-41-13-5-12-39)44-47-17-20(14-29(47)35(45)49)22-6-3-7-23(32(22)37)24-8-4-9-25(33(24)38)28-15-27(40)26(34(43-28)52-2)19-46(36(50)51)18-21-10-11-31(48)42-21/h3-4,6-9,14-15,17,21,41H,5,10-13,16,18-19H2,1-2H3,(H,42,48)(H,50,51)/t21-/m0/s1. The lowest BCUT2D eigenvalue weighted by Crippen LogP contribution is -2.41. The summed E-state index contributed by atoms with van der Waals surface area (Å²) >= 11 is 14.0. The molecule has 0 spiro atoms. The molecule has 16 heteroatoms. The molecular weight excluding hydrogens is 719 g/mol. The van der Waals surface area contributed by atoms with Crippen LogP contribution in [-0.4, -0.2) is 74.1 Å². The van der Waals surface area contributed by atoms with Crippen molar-refractivity contribution in [2.24, 2.45) is 7.05 Å². The van der Waals surface area contributed by atoms with Crippen molar-refractivity contribution in [3.8, 4) is 39.4 Å². The summed E-state index contributed by atoms with van der Waals surface area (Å²) < 4.78 is 36.7. The zero-order valence-corrected chi connectivity index (χ0v) is 29.8. The summed E-state index contributed by atoms with van der Waals surface area (Å²) in [5, 5.41) is 20.8. The molecule has 1 aliphatic rings. The Balaban J connectivity index is 1.32. The molecule has 1 fully saturated rings. The fraction of sp³-hybridized carbons (Fsp3) is 0.306. The third kappa shape index (κ3) is 7.45. The SMILES string of the molecule is COc1nc(-c2cccc(-c3cccc(-c4cc5c(=O)n(C)c(CNCCCF)nn5c4)c3Cl)c2Cl)cc(F)c1CN(C[C@@H]1CCC(=O)N1)C(=O)O. The molecule has 12 nitrogen and oxygen atoms in total. The van der Waals surface area contributed by atoms with Crippen LogP contribution in [0.15, 0.2) is 59.5 Å². The Morgan fingerprint density at radius 3 is 2.46 bits per heavy atom. The maximum atomic E-state index is 15.8. The minimum Gasteiger partial charge on any atom is -0.481 e. The highest BCUT2D eigenvalue weighted by atomic mass is 35.5. The summed E-state index contributed by atoms with van der Waals surface area (Å²) in [5.41, 5.74) is 2.91. The molecule has 0 unspecified atom stereocenters. The molecule has 0 saturated carbocycles. The number of amides is 2. The molecule has 272 valence electrons. The predicted molar refractivity (Wildman–Crippen MR) is 193 cm³/mol. The van der Waals surface area contributed by atoms with Gasteiger partial charge in [0.15, 0.2) is 0 Å². The van der Waals surface area contributed by atoms with E-state index in [1.54, 1.807) is 49.6 Å². The van der Waals surface area contributed by atoms with Crippen molar-refractivity contribution in [2.75, 3.05) is 26.9 Å². The van der Waals surface area contributed by atoms with Crippen molar-refractivity contribution in [2.45, 2.75) is 38.4 Å². The summed E-state index contributed by atoms with van der Waals surface area (Å²) in [6, 6.07) is 13.1. The van der Waals surface area contributed by atoms with Crippen molar-refractivity contribution < 1.29 is 28.2 Å². The molecule has 0 aliphatic carbocycles. The lowest BCUT2D eigenvalue weighted by Gasteiger charge is -2.24. The van der Waals surface area contributed by atoms with Crippen LogP contribution in [0.1, 0.15) is 30.7 Å². The van der Waals surface area contributed by atoms with Gasteiger partial charge in [0.1, 0.15) is 17.2 Å². The van der Waals surface area contributed by atoms with Crippen molar-refractivity contribution in [1.29, 1.82) is 0 Å². The van der Waals surface area contributed by atoms with Crippen LogP contribution in [0.2, 0.25) is 10.0 Å². The largest absolute Gasteiger partial charge is 0.481 e. The number of ether oxygens (including phenoxy) is 1. The number of nitrogens with zero attached hydrogens (tertiary/aromatic N) is 5. The van der Waals surface area contributed by atoms with E-state index in [0.717, 1.165) is 4.90 Å². The number of pyridine rings is 1. The Kier molecular flexibility index (Phi) is 11.1. The third-order valence-corrected chi connectivity index (χ3v) is 9.76. The molecule has 52 heavy (non-hydrogen) atoms. The van der Waals surface area contributed by atoms with Gasteiger partial charge in [0, 0.05) is 66.1 Å². The van der Waals surface area contributed by atoms with E-state index in [-0.39, 0.29) is 59.3 Å². The first-order chi connectivity index (χ1) is 25.0. The maximum Gasteiger partial charge on any atom is 0.407 e. The zero-order chi connectivity index (χ0) is 37.1. The summed E-state index contributed by atoms with van der Waals surface area (Å²) in [6.45, 7) is -0.0733. The van der Waals surface area contributed by atoms with Crippen LogP contribution in [0.4, 0.5) is 13.6 Å². The van der Waals surface area contributed by atoms with E-state index in [1.165, 1.54) is 22.3 Å². The monoisotopic (exact) mass is 753 g/mol. The van der Waals surface area contributed by atoms with E-state index in [0.29, 0.717) is 70.0 Å². The Hall–Kier alpha value is -5.05. The van der Waals surface area contributed by atoms with Crippen molar-refractivity contribution in [3.63, 3.8) is 0 Å². The Bertz CT molecular complexity index is 2230. The summed E-state index contributed by atoms with van der Waals surface area (Å²) in [4.78, 5) is 42.4. The van der Waals surface area contributed by atoms with Gasteiger partial charge in [-0.25, -0.2) is 18.7 Å². The molecule has 4 heterocycles. The van der Waals surface area contributed by atoms with Gasteiger partial charge < -0.3 is 25.4 Å². The zero-order valence-electron chi connectivity index (χ0n) is 28.3. The average Bonchev–Trinajstić information content (AvgIpc) is 3.75. The van der Waals surface area contributed by atoms with Gasteiger partial charge >= 0.3 is 6.09 Å². The number of fused-ring (bicyclic) bond motifs is 1. The minimum atomic E-state index is -1.28. The van der Waals surface area contributed by atoms with Crippen LogP contribution in [0.25, 0.3) is 39.0 Å². The highest BCUT2D eigenvalue weighted by molar-refractivity contribution is 6.39. The van der Waals surface area contributed by atoms with Crippen LogP contribution in [-0.2, 0) is 24.9 Å². The number of hydrogen-bond donors (Lipinski definition) is 3. The van der Waals surface area contributed by atoms with Crippen LogP contribution >= 0.6 is 23.2 Å². The molecule has 5 aromatic rings. The number of nitrogens with one attached hydrogen (secondary N) is 2. The molecule has 2 amide bonds. The van der Waals surface area contributed by atoms with E-state index in [1.807, 2.05) is 6.07 Å². The number of halogens is 4. The highest BCUT2D eigenvalue weighted by Gasteiger charge is 2.28. The molecule has 3 aromatic heterocycles. The van der Waals surface area contributed by atoms with Crippen LogP contribution < -0.4 is 20.9 Å². The smallest absolute Gasteiger partial charge is 0.407 e. The van der Waals surface area contributed by atoms with E-state index in [9.17, 15) is 23.9 Å². The second-order valence-corrected chi connectivity index (χ2v) is 13.1. The van der Waals surface area contributed by atoms with Gasteiger partial charge in [0.05, 0.1) is 48.2 Å². The van der Waals surface area contributed by atoms with Crippen molar-refractivity contribution >= 4 is 40.7 Å². The third-order valence-electron chi connectivity index (χ3n) is 8.95. The molecule has 6 rings (SSSR count). The van der Waals surface area contributed by atoms with E-state index >= 15 is 4.39 Å². The molecule has 3 N–H and O–H groups in total. The summed E-state index contributed by atoms with van der Waals surface area (Å²) in [6.07, 6.45) is 1.56. The summed E-state index contributed by atoms with van der Waals surface area (Å²) in [7, 11) is 2.94. The van der Waals surface area contributed by atoms with Gasteiger partial charge in [-0.1, -0.05) is 59.6 Å². The van der Waals surface area contributed by atoms with Crippen LogP contribution in [0.3, 0.4) is 0 Å². The van der Waals surface area contributed by atoms with E-state index in [4.69, 9.17) is 27.9 Å². The van der Waals surface area contributed by atoms with E-state index in [2.05, 4.69) is 20.7 Å². The quantitative estimate of drug-likeness (QED) is 0.123. The van der Waals surface area contributed by atoms with E-state index < -0.39 is 18.6 Å². The van der Waals surface area contributed by atoms with Crippen molar-refractivity contribution in [1.82, 2.24) is 34.7 Å². The Morgan fingerprint density at radius 1 is 1.12 bits per heavy atom. The number of carboxylic acid groups (broad SMARTS) is 1. The highest BCUT2D eigenvalue weighted by Crippen LogP contribution is 2.43. The molecule has 1 saturated heterocycles. The van der Waals surface area contributed by atoms with Crippen molar-refractivity contribution in [3.05, 3.63) is 92.3 Å². The lowest BCUT2D eigenvalue weighted by molar-refractivity contribution is -0.119. The fourth-order valence-electron chi connectivity index (χ4n) is 6.22. The van der Waals surface area contributed by atoms with Gasteiger partial charge in [0.2, 0.25) is 11.8 Å². The van der Waals surface area contributed by atoms with Gasteiger partial charge in [-0.2, -0.15) is 5.10 Å². The second kappa shape index (κ2) is 15.7. The predicted octanol–water partition coefficient (Wildman–Crippen LogP) is 6.09. The van der Waals surface area contributed by atoms with Gasteiger partial charge in [-0.05, 0) is 25.5 Å². The summed E-state index contributed by atoms with van der Waals surface area (Å²) in [5.74, 6) is -0.539. The molecule has 1 atom stereocenters.